The highest BCUT2D eigenvalue weighted by molar-refractivity contribution is 5.98. The van der Waals surface area contributed by atoms with Crippen LogP contribution < -0.4 is 16.1 Å². The van der Waals surface area contributed by atoms with Crippen LogP contribution in [0.4, 0.5) is 0 Å². The molecule has 0 atom stereocenters. The Kier molecular flexibility index (Phi) is 4.53. The van der Waals surface area contributed by atoms with E-state index in [2.05, 4.69) is 0 Å². The monoisotopic (exact) mass is 342 g/mol. The molecule has 6 heteroatoms. The molecule has 0 spiro atoms. The number of hydrogen-bond acceptors (Lipinski definition) is 4. The minimum Gasteiger partial charge on any atom is -0.511 e. The van der Waals surface area contributed by atoms with E-state index in [1.807, 2.05) is 25.2 Å². The van der Waals surface area contributed by atoms with Crippen molar-refractivity contribution in [3.63, 3.8) is 0 Å². The first kappa shape index (κ1) is 17.1. The molecule has 2 N–H and O–H groups in total. The van der Waals surface area contributed by atoms with E-state index in [0.717, 1.165) is 18.5 Å². The van der Waals surface area contributed by atoms with Crippen LogP contribution >= 0.6 is 0 Å². The van der Waals surface area contributed by atoms with Gasteiger partial charge in [-0.25, -0.2) is 0 Å². The molecule has 0 fully saturated rings. The zero-order valence-corrected chi connectivity index (χ0v) is 14.5. The summed E-state index contributed by atoms with van der Waals surface area (Å²) in [5.74, 6) is -0.991. The molecule has 2 aliphatic rings. The fourth-order valence-corrected chi connectivity index (χ4v) is 3.36. The molecule has 0 radical (unpaired) electrons. The number of amides is 1. The van der Waals surface area contributed by atoms with Gasteiger partial charge in [0, 0.05) is 25.7 Å². The minimum atomic E-state index is -0.564. The van der Waals surface area contributed by atoms with Crippen molar-refractivity contribution in [2.45, 2.75) is 32.6 Å². The second-order valence-electron chi connectivity index (χ2n) is 6.20. The molecule has 1 aromatic rings. The highest BCUT2D eigenvalue weighted by Crippen LogP contribution is 2.19. The lowest BCUT2D eigenvalue weighted by Gasteiger charge is -2.24. The van der Waals surface area contributed by atoms with Crippen LogP contribution in [0.3, 0.4) is 0 Å². The summed E-state index contributed by atoms with van der Waals surface area (Å²) in [5.41, 5.74) is -0.145. The Labute approximate surface area is 145 Å². The van der Waals surface area contributed by atoms with E-state index in [9.17, 15) is 19.8 Å². The Hall–Kier alpha value is -2.76. The first-order chi connectivity index (χ1) is 12.0. The molecule has 2 aliphatic carbocycles. The average Bonchev–Trinajstić information content (AvgIpc) is 2.61. The number of nitrogens with zero attached hydrogens (tertiary/aromatic N) is 2. The van der Waals surface area contributed by atoms with Crippen molar-refractivity contribution in [2.24, 2.45) is 7.05 Å². The molecule has 0 saturated heterocycles. The van der Waals surface area contributed by atoms with Gasteiger partial charge in [-0.05, 0) is 32.3 Å². The summed E-state index contributed by atoms with van der Waals surface area (Å²) < 4.78 is 1.32. The number of aromatic nitrogens is 1. The number of pyridine rings is 1. The van der Waals surface area contributed by atoms with Gasteiger partial charge in [-0.2, -0.15) is 0 Å². The number of carbonyl (C=O) groups is 1. The van der Waals surface area contributed by atoms with Gasteiger partial charge in [-0.3, -0.25) is 9.59 Å². The summed E-state index contributed by atoms with van der Waals surface area (Å²) in [6.45, 7) is 2.19. The van der Waals surface area contributed by atoms with E-state index >= 15 is 0 Å². The molecular formula is C19H22N2O4. The lowest BCUT2D eigenvalue weighted by Crippen LogP contribution is -2.48. The molecule has 0 unspecified atom stereocenters. The Bertz CT molecular complexity index is 967. The topological polar surface area (TPSA) is 82.8 Å². The molecule has 0 bridgehead atoms. The van der Waals surface area contributed by atoms with E-state index in [0.29, 0.717) is 24.7 Å². The summed E-state index contributed by atoms with van der Waals surface area (Å²) in [6.07, 6.45) is 10.3. The molecule has 3 rings (SSSR count). The number of fused-ring (bicyclic) bond motifs is 1. The van der Waals surface area contributed by atoms with Crippen molar-refractivity contribution in [3.8, 4) is 5.75 Å². The summed E-state index contributed by atoms with van der Waals surface area (Å²) in [7, 11) is 1.54. The van der Waals surface area contributed by atoms with Crippen LogP contribution in [0, 0.1) is 0 Å². The molecule has 1 amide bonds. The number of likely N-dealkylation sites (N-methyl/N-ethyl adjacent to an activating group) is 1. The molecule has 1 heterocycles. The second-order valence-corrected chi connectivity index (χ2v) is 6.20. The zero-order chi connectivity index (χ0) is 18.1. The predicted molar refractivity (Wildman–Crippen MR) is 95.5 cm³/mol. The third-order valence-electron chi connectivity index (χ3n) is 4.68. The minimum absolute atomic E-state index is 0.000485. The molecule has 25 heavy (non-hydrogen) atoms. The average molecular weight is 342 g/mol. The number of carbonyl (C=O) groups excluding carboxylic acids is 1. The molecular weight excluding hydrogens is 320 g/mol. The van der Waals surface area contributed by atoms with Gasteiger partial charge in [-0.1, -0.05) is 18.2 Å². The highest BCUT2D eigenvalue weighted by Gasteiger charge is 2.27. The van der Waals surface area contributed by atoms with Crippen LogP contribution in [0.1, 0.15) is 43.0 Å². The van der Waals surface area contributed by atoms with Gasteiger partial charge in [0.1, 0.15) is 17.1 Å². The zero-order valence-electron chi connectivity index (χ0n) is 14.5. The van der Waals surface area contributed by atoms with E-state index < -0.39 is 17.2 Å². The fraction of sp³-hybridized carbons (Fsp3) is 0.368. The van der Waals surface area contributed by atoms with Crippen LogP contribution in [0.5, 0.6) is 5.75 Å². The standard InChI is InChI=1S/C19H22N2O4/c1-3-21(12-8-5-4-6-9-12)19(25)16-17(23)15-13(20(2)18(16)24)10-7-11-14(15)22/h5,8-10,22-23H,3-4,6-7,11H2,1-2H3. The molecule has 6 nitrogen and oxygen atoms in total. The first-order valence-electron chi connectivity index (χ1n) is 8.50. The third-order valence-corrected chi connectivity index (χ3v) is 4.68. The molecule has 0 aliphatic heterocycles. The summed E-state index contributed by atoms with van der Waals surface area (Å²) in [5, 5.41) is 21.4. The smallest absolute Gasteiger partial charge is 0.267 e. The van der Waals surface area contributed by atoms with Gasteiger partial charge in [-0.15, -0.1) is 0 Å². The van der Waals surface area contributed by atoms with Crippen molar-refractivity contribution in [1.29, 1.82) is 0 Å². The maximum Gasteiger partial charge on any atom is 0.267 e. The number of allylic oxidation sites excluding steroid dienone is 3. The number of rotatable bonds is 3. The van der Waals surface area contributed by atoms with Crippen molar-refractivity contribution in [2.75, 3.05) is 6.54 Å². The van der Waals surface area contributed by atoms with E-state index in [4.69, 9.17) is 0 Å². The van der Waals surface area contributed by atoms with E-state index in [1.165, 1.54) is 9.47 Å². The van der Waals surface area contributed by atoms with Gasteiger partial charge in [0.2, 0.25) is 0 Å². The molecule has 0 aromatic carbocycles. The lowest BCUT2D eigenvalue weighted by atomic mass is 10.0. The van der Waals surface area contributed by atoms with E-state index in [1.54, 1.807) is 13.1 Å². The third kappa shape index (κ3) is 2.77. The predicted octanol–water partition coefficient (Wildman–Crippen LogP) is 1.03. The molecule has 1 aromatic heterocycles. The van der Waals surface area contributed by atoms with Crippen LogP contribution in [-0.2, 0) is 7.05 Å². The summed E-state index contributed by atoms with van der Waals surface area (Å²) in [4.78, 5) is 27.2. The Morgan fingerprint density at radius 2 is 2.00 bits per heavy atom. The van der Waals surface area contributed by atoms with Gasteiger partial charge in [0.15, 0.2) is 0 Å². The van der Waals surface area contributed by atoms with Crippen molar-refractivity contribution in [3.05, 3.63) is 50.4 Å². The second kappa shape index (κ2) is 6.63. The molecule has 132 valence electrons. The van der Waals surface area contributed by atoms with Gasteiger partial charge < -0.3 is 19.7 Å². The van der Waals surface area contributed by atoms with Crippen molar-refractivity contribution >= 4 is 17.7 Å². The lowest BCUT2D eigenvalue weighted by molar-refractivity contribution is 0.0811. The van der Waals surface area contributed by atoms with Crippen LogP contribution in [-0.4, -0.2) is 32.1 Å². The maximum atomic E-state index is 13.0. The fourth-order valence-electron chi connectivity index (χ4n) is 3.36. The Balaban J connectivity index is 2.23. The van der Waals surface area contributed by atoms with E-state index in [-0.39, 0.29) is 16.5 Å². The quantitative estimate of drug-likeness (QED) is 0.859. The van der Waals surface area contributed by atoms with Crippen LogP contribution in [0.15, 0.2) is 28.7 Å². The van der Waals surface area contributed by atoms with Gasteiger partial charge >= 0.3 is 0 Å². The number of aliphatic hydroxyl groups excluding tert-OH is 1. The van der Waals surface area contributed by atoms with Gasteiger partial charge in [0.05, 0.1) is 10.6 Å². The normalized spacial score (nSPS) is 16.1. The summed E-state index contributed by atoms with van der Waals surface area (Å²) >= 11 is 0. The van der Waals surface area contributed by atoms with Crippen molar-refractivity contribution in [1.82, 2.24) is 9.47 Å². The summed E-state index contributed by atoms with van der Waals surface area (Å²) in [6, 6.07) is 0. The number of hydrogen-bond donors (Lipinski definition) is 2. The van der Waals surface area contributed by atoms with Gasteiger partial charge in [0.25, 0.3) is 11.5 Å². The van der Waals surface area contributed by atoms with Crippen LogP contribution in [0.2, 0.25) is 0 Å². The SMILES string of the molecule is CCN(C(=O)c1c(O)c2c(n(C)c1=O)=CCCC=2O)C1=CCCC=C1. The molecule has 0 saturated carbocycles. The number of aliphatic hydroxyl groups is 1. The highest BCUT2D eigenvalue weighted by atomic mass is 16.3. The largest absolute Gasteiger partial charge is 0.511 e. The maximum absolute atomic E-state index is 13.0. The number of aromatic hydroxyl groups is 1. The first-order valence-corrected chi connectivity index (χ1v) is 8.50. The Morgan fingerprint density at radius 1 is 1.24 bits per heavy atom. The van der Waals surface area contributed by atoms with Crippen LogP contribution in [0.25, 0.3) is 11.8 Å². The van der Waals surface area contributed by atoms with Crippen molar-refractivity contribution < 1.29 is 15.0 Å². The Morgan fingerprint density at radius 3 is 2.64 bits per heavy atom.